The summed E-state index contributed by atoms with van der Waals surface area (Å²) in [5.74, 6) is -3.69. The molecule has 178 valence electrons. The van der Waals surface area contributed by atoms with Gasteiger partial charge in [0.1, 0.15) is 22.9 Å². The second-order valence-corrected chi connectivity index (χ2v) is 10.8. The van der Waals surface area contributed by atoms with E-state index in [2.05, 4.69) is 10.0 Å². The van der Waals surface area contributed by atoms with Crippen LogP contribution in [0.2, 0.25) is 0 Å². The van der Waals surface area contributed by atoms with Gasteiger partial charge in [0.05, 0.1) is 23.6 Å². The fourth-order valence-corrected chi connectivity index (χ4v) is 5.44. The highest BCUT2D eigenvalue weighted by Crippen LogP contribution is 2.50. The monoisotopic (exact) mass is 604 g/mol. The Hall–Kier alpha value is -1.38. The molecule has 12 heteroatoms. The van der Waals surface area contributed by atoms with Crippen molar-refractivity contribution < 1.29 is 31.4 Å². The second-order valence-electron chi connectivity index (χ2n) is 7.43. The van der Waals surface area contributed by atoms with Crippen molar-refractivity contribution in [3.05, 3.63) is 45.3 Å². The zero-order chi connectivity index (χ0) is 23.0. The summed E-state index contributed by atoms with van der Waals surface area (Å²) < 4.78 is 76.2. The van der Waals surface area contributed by atoms with Gasteiger partial charge in [0.2, 0.25) is 10.0 Å². The number of hydrogen-bond acceptors (Lipinski definition) is 5. The minimum Gasteiger partial charge on any atom is -0.494 e. The van der Waals surface area contributed by atoms with Crippen molar-refractivity contribution in [3.8, 4) is 5.75 Å². The van der Waals surface area contributed by atoms with Gasteiger partial charge in [0, 0.05) is 9.64 Å². The van der Waals surface area contributed by atoms with E-state index in [1.807, 2.05) is 22.6 Å². The molecule has 0 radical (unpaired) electrons. The molecule has 0 unspecified atom stereocenters. The predicted molar refractivity (Wildman–Crippen MR) is 131 cm³/mol. The summed E-state index contributed by atoms with van der Waals surface area (Å²) in [5.41, 5.74) is -1.15. The molecule has 3 rings (SSSR count). The molecule has 0 heterocycles. The first-order chi connectivity index (χ1) is 14.5. The van der Waals surface area contributed by atoms with E-state index in [0.29, 0.717) is 28.9 Å². The Kier molecular flexibility index (Phi) is 8.62. The van der Waals surface area contributed by atoms with Crippen LogP contribution in [-0.4, -0.2) is 31.5 Å². The SMILES string of the molecule is CC[C@@H](O)CC1(S(=O)(=O)Nc2c(OC)cc(F)c(F)c2Nc2ccc(I)cc2F)CC1.S. The van der Waals surface area contributed by atoms with E-state index in [-0.39, 0.29) is 37.0 Å². The zero-order valence-corrected chi connectivity index (χ0v) is 21.3. The molecule has 1 aliphatic rings. The second kappa shape index (κ2) is 10.3. The molecule has 6 nitrogen and oxygen atoms in total. The maximum absolute atomic E-state index is 14.7. The van der Waals surface area contributed by atoms with Crippen LogP contribution in [0.5, 0.6) is 5.75 Å². The highest BCUT2D eigenvalue weighted by atomic mass is 127. The number of anilines is 3. The maximum atomic E-state index is 14.7. The number of aliphatic hydroxyl groups excluding tert-OH is 1. The average molecular weight is 604 g/mol. The summed E-state index contributed by atoms with van der Waals surface area (Å²) in [6.07, 6.45) is 0.216. The van der Waals surface area contributed by atoms with Crippen LogP contribution in [0.15, 0.2) is 24.3 Å². The van der Waals surface area contributed by atoms with E-state index >= 15 is 0 Å². The molecule has 1 fully saturated rings. The molecule has 0 spiro atoms. The molecule has 2 aromatic rings. The lowest BCUT2D eigenvalue weighted by molar-refractivity contribution is 0.156. The molecule has 0 bridgehead atoms. The van der Waals surface area contributed by atoms with Crippen molar-refractivity contribution in [1.29, 1.82) is 0 Å². The highest BCUT2D eigenvalue weighted by Gasteiger charge is 2.55. The van der Waals surface area contributed by atoms with Gasteiger partial charge in [-0.3, -0.25) is 4.72 Å². The van der Waals surface area contributed by atoms with E-state index in [0.717, 1.165) is 0 Å². The molecule has 1 saturated carbocycles. The van der Waals surface area contributed by atoms with Gasteiger partial charge in [-0.25, -0.2) is 21.6 Å². The van der Waals surface area contributed by atoms with Crippen LogP contribution in [0.1, 0.15) is 32.6 Å². The summed E-state index contributed by atoms with van der Waals surface area (Å²) in [4.78, 5) is 0. The summed E-state index contributed by atoms with van der Waals surface area (Å²) in [5, 5.41) is 12.4. The largest absolute Gasteiger partial charge is 0.494 e. The van der Waals surface area contributed by atoms with Crippen LogP contribution < -0.4 is 14.8 Å². The first kappa shape index (κ1) is 26.9. The van der Waals surface area contributed by atoms with Crippen LogP contribution in [0.25, 0.3) is 0 Å². The normalized spacial score (nSPS) is 15.5. The maximum Gasteiger partial charge on any atom is 0.238 e. The summed E-state index contributed by atoms with van der Waals surface area (Å²) in [6, 6.07) is 4.78. The van der Waals surface area contributed by atoms with Crippen molar-refractivity contribution in [2.75, 3.05) is 17.1 Å². The Balaban J connectivity index is 0.00000363. The molecule has 2 aromatic carbocycles. The fraction of sp³-hybridized carbons (Fsp3) is 0.400. The molecule has 0 aliphatic heterocycles. The van der Waals surface area contributed by atoms with Crippen LogP contribution in [0.3, 0.4) is 0 Å². The molecule has 32 heavy (non-hydrogen) atoms. The summed E-state index contributed by atoms with van der Waals surface area (Å²) >= 11 is 1.90. The molecular weight excluding hydrogens is 580 g/mol. The Labute approximate surface area is 205 Å². The highest BCUT2D eigenvalue weighted by molar-refractivity contribution is 14.1. The van der Waals surface area contributed by atoms with Crippen LogP contribution >= 0.6 is 36.1 Å². The third-order valence-corrected chi connectivity index (χ3v) is 8.15. The number of hydrogen-bond donors (Lipinski definition) is 3. The lowest BCUT2D eigenvalue weighted by atomic mass is 10.1. The molecule has 1 aliphatic carbocycles. The van der Waals surface area contributed by atoms with Crippen LogP contribution in [0.4, 0.5) is 30.2 Å². The number of rotatable bonds is 9. The number of ether oxygens (including phenoxy) is 1. The predicted octanol–water partition coefficient (Wildman–Crippen LogP) is 5.01. The van der Waals surface area contributed by atoms with Gasteiger partial charge in [-0.15, -0.1) is 0 Å². The standard InChI is InChI=1S/C20H22F3IN2O4S.H2S/c1-3-12(27)10-20(6-7-20)31(28,29)26-18-16(30-2)9-14(22)17(23)19(18)25-15-5-4-11(24)8-13(15)21;/h4-5,8-9,12,25-27H,3,6-7,10H2,1-2H3;1H2/t12-;/m1./s1. The molecule has 1 atom stereocenters. The Morgan fingerprint density at radius 2 is 1.84 bits per heavy atom. The smallest absolute Gasteiger partial charge is 0.238 e. The number of nitrogens with one attached hydrogen (secondary N) is 2. The van der Waals surface area contributed by atoms with Gasteiger partial charge in [-0.1, -0.05) is 6.92 Å². The Bertz CT molecular complexity index is 1100. The molecular formula is C20H24F3IN2O4S2. The number of benzene rings is 2. The van der Waals surface area contributed by atoms with Crippen molar-refractivity contribution in [1.82, 2.24) is 0 Å². The number of methoxy groups -OCH3 is 1. The molecule has 3 N–H and O–H groups in total. The van der Waals surface area contributed by atoms with Gasteiger partial charge < -0.3 is 15.2 Å². The van der Waals surface area contributed by atoms with Crippen molar-refractivity contribution >= 4 is 63.2 Å². The van der Waals surface area contributed by atoms with E-state index < -0.39 is 44.0 Å². The topological polar surface area (TPSA) is 87.7 Å². The van der Waals surface area contributed by atoms with Crippen LogP contribution in [0, 0.1) is 21.0 Å². The van der Waals surface area contributed by atoms with Crippen molar-refractivity contribution in [2.45, 2.75) is 43.5 Å². The minimum atomic E-state index is -4.11. The first-order valence-electron chi connectivity index (χ1n) is 9.52. The lowest BCUT2D eigenvalue weighted by Crippen LogP contribution is -2.33. The summed E-state index contributed by atoms with van der Waals surface area (Å²) in [6.45, 7) is 1.73. The number of halogens is 4. The number of aliphatic hydroxyl groups is 1. The first-order valence-corrected chi connectivity index (χ1v) is 12.1. The Morgan fingerprint density at radius 3 is 2.38 bits per heavy atom. The van der Waals surface area contributed by atoms with Crippen LogP contribution in [-0.2, 0) is 10.0 Å². The van der Waals surface area contributed by atoms with E-state index in [9.17, 15) is 26.7 Å². The lowest BCUT2D eigenvalue weighted by Gasteiger charge is -2.23. The number of sulfonamides is 1. The third kappa shape index (κ3) is 5.39. The minimum absolute atomic E-state index is 0. The van der Waals surface area contributed by atoms with Gasteiger partial charge in [0.15, 0.2) is 11.6 Å². The van der Waals surface area contributed by atoms with Gasteiger partial charge in [-0.2, -0.15) is 13.5 Å². The molecule has 0 saturated heterocycles. The van der Waals surface area contributed by atoms with Crippen molar-refractivity contribution in [3.63, 3.8) is 0 Å². The van der Waals surface area contributed by atoms with Gasteiger partial charge >= 0.3 is 0 Å². The van der Waals surface area contributed by atoms with E-state index in [4.69, 9.17) is 4.74 Å². The average Bonchev–Trinajstić information content (AvgIpc) is 3.50. The molecule has 0 amide bonds. The summed E-state index contributed by atoms with van der Waals surface area (Å²) in [7, 11) is -2.94. The van der Waals surface area contributed by atoms with E-state index in [1.165, 1.54) is 19.2 Å². The third-order valence-electron chi connectivity index (χ3n) is 5.29. The Morgan fingerprint density at radius 1 is 1.19 bits per heavy atom. The fourth-order valence-electron chi connectivity index (χ4n) is 3.25. The van der Waals surface area contributed by atoms with Gasteiger partial charge in [-0.05, 0) is 66.5 Å². The van der Waals surface area contributed by atoms with E-state index in [1.54, 1.807) is 13.0 Å². The quantitative estimate of drug-likeness (QED) is 0.351. The van der Waals surface area contributed by atoms with Gasteiger partial charge in [0.25, 0.3) is 0 Å². The molecule has 0 aromatic heterocycles. The zero-order valence-electron chi connectivity index (χ0n) is 17.3. The van der Waals surface area contributed by atoms with Crippen molar-refractivity contribution in [2.24, 2.45) is 0 Å².